The van der Waals surface area contributed by atoms with E-state index in [2.05, 4.69) is 0 Å². The number of ether oxygens (including phenoxy) is 3. The topological polar surface area (TPSA) is 65.0 Å². The minimum absolute atomic E-state index is 0.0480. The van der Waals surface area contributed by atoms with Gasteiger partial charge in [-0.1, -0.05) is 0 Å². The van der Waals surface area contributed by atoms with Gasteiger partial charge < -0.3 is 19.3 Å². The molecule has 0 aromatic rings. The summed E-state index contributed by atoms with van der Waals surface area (Å²) in [6.07, 6.45) is 0.552. The van der Waals surface area contributed by atoms with Gasteiger partial charge in [-0.3, -0.25) is 4.79 Å². The van der Waals surface area contributed by atoms with E-state index in [0.717, 1.165) is 0 Å². The fraction of sp³-hybridized carbons (Fsp3) is 0.875. The summed E-state index contributed by atoms with van der Waals surface area (Å²) in [5.41, 5.74) is 0. The zero-order chi connectivity index (χ0) is 9.52. The van der Waals surface area contributed by atoms with E-state index in [0.29, 0.717) is 26.2 Å². The van der Waals surface area contributed by atoms with Crippen LogP contribution in [0.15, 0.2) is 0 Å². The van der Waals surface area contributed by atoms with E-state index in [9.17, 15) is 4.79 Å². The van der Waals surface area contributed by atoms with Crippen molar-refractivity contribution in [3.05, 3.63) is 0 Å². The molecule has 1 heterocycles. The molecule has 1 saturated heterocycles. The number of carboxylic acid groups (broad SMARTS) is 1. The molecular formula is C8H14O5. The van der Waals surface area contributed by atoms with Gasteiger partial charge >= 0.3 is 5.97 Å². The van der Waals surface area contributed by atoms with Crippen LogP contribution in [-0.2, 0) is 19.0 Å². The highest BCUT2D eigenvalue weighted by molar-refractivity contribution is 5.66. The number of aliphatic carboxylic acids is 1. The molecule has 0 aromatic carbocycles. The maximum absolute atomic E-state index is 10.1. The second kappa shape index (κ2) is 5.90. The highest BCUT2D eigenvalue weighted by Gasteiger charge is 2.14. The number of rotatable bonds is 6. The zero-order valence-corrected chi connectivity index (χ0v) is 7.40. The van der Waals surface area contributed by atoms with Crippen LogP contribution in [0.5, 0.6) is 0 Å². The van der Waals surface area contributed by atoms with Gasteiger partial charge in [-0.15, -0.1) is 0 Å². The lowest BCUT2D eigenvalue weighted by Gasteiger charge is -2.08. The largest absolute Gasteiger partial charge is 0.481 e. The summed E-state index contributed by atoms with van der Waals surface area (Å²) in [4.78, 5) is 10.1. The van der Waals surface area contributed by atoms with Crippen LogP contribution in [0.25, 0.3) is 0 Å². The molecule has 1 N–H and O–H groups in total. The van der Waals surface area contributed by atoms with E-state index < -0.39 is 5.97 Å². The number of carbonyl (C=O) groups is 1. The molecular weight excluding hydrogens is 176 g/mol. The average Bonchev–Trinajstić information content (AvgIpc) is 2.55. The van der Waals surface area contributed by atoms with Crippen molar-refractivity contribution in [3.63, 3.8) is 0 Å². The summed E-state index contributed by atoms with van der Waals surface area (Å²) in [6.45, 7) is 2.01. The van der Waals surface area contributed by atoms with Crippen molar-refractivity contribution >= 4 is 5.97 Å². The second-order valence-electron chi connectivity index (χ2n) is 2.72. The van der Waals surface area contributed by atoms with Gasteiger partial charge in [-0.05, 0) is 0 Å². The zero-order valence-electron chi connectivity index (χ0n) is 7.40. The molecule has 0 aromatic heterocycles. The lowest BCUT2D eigenvalue weighted by Crippen LogP contribution is -2.12. The Morgan fingerprint density at radius 3 is 2.69 bits per heavy atom. The number of hydrogen-bond acceptors (Lipinski definition) is 4. The lowest BCUT2D eigenvalue weighted by molar-refractivity contribution is -0.138. The Balaban J connectivity index is 1.86. The van der Waals surface area contributed by atoms with Crippen LogP contribution in [0.2, 0.25) is 0 Å². The van der Waals surface area contributed by atoms with Crippen molar-refractivity contribution in [1.29, 1.82) is 0 Å². The molecule has 0 bridgehead atoms. The van der Waals surface area contributed by atoms with Crippen molar-refractivity contribution in [1.82, 2.24) is 0 Å². The van der Waals surface area contributed by atoms with E-state index in [1.54, 1.807) is 0 Å². The third kappa shape index (κ3) is 4.82. The molecule has 1 rings (SSSR count). The van der Waals surface area contributed by atoms with Gasteiger partial charge in [0.15, 0.2) is 6.29 Å². The summed E-state index contributed by atoms with van der Waals surface area (Å²) in [6, 6.07) is 0. The van der Waals surface area contributed by atoms with Crippen LogP contribution in [0.1, 0.15) is 12.8 Å². The van der Waals surface area contributed by atoms with Crippen LogP contribution >= 0.6 is 0 Å². The molecule has 13 heavy (non-hydrogen) atoms. The molecule has 1 aliphatic heterocycles. The van der Waals surface area contributed by atoms with Gasteiger partial charge in [0.05, 0.1) is 32.8 Å². The Labute approximate surface area is 76.6 Å². The maximum atomic E-state index is 10.1. The summed E-state index contributed by atoms with van der Waals surface area (Å²) >= 11 is 0. The van der Waals surface area contributed by atoms with Crippen molar-refractivity contribution < 1.29 is 24.1 Å². The fourth-order valence-corrected chi connectivity index (χ4v) is 1.01. The average molecular weight is 190 g/mol. The molecule has 76 valence electrons. The Morgan fingerprint density at radius 1 is 1.38 bits per heavy atom. The molecule has 0 aliphatic carbocycles. The van der Waals surface area contributed by atoms with Crippen molar-refractivity contribution in [2.24, 2.45) is 0 Å². The van der Waals surface area contributed by atoms with E-state index in [1.807, 2.05) is 0 Å². The van der Waals surface area contributed by atoms with Gasteiger partial charge in [-0.25, -0.2) is 0 Å². The van der Waals surface area contributed by atoms with E-state index in [1.165, 1.54) is 0 Å². The van der Waals surface area contributed by atoms with Gasteiger partial charge in [0.1, 0.15) is 0 Å². The molecule has 0 saturated carbocycles. The molecule has 1 fully saturated rings. The monoisotopic (exact) mass is 190 g/mol. The highest BCUT2D eigenvalue weighted by atomic mass is 16.7. The number of carboxylic acids is 1. The summed E-state index contributed by atoms with van der Waals surface area (Å²) in [5, 5.41) is 8.29. The predicted octanol–water partition coefficient (Wildman–Crippen LogP) is 0.241. The Morgan fingerprint density at radius 2 is 2.08 bits per heavy atom. The standard InChI is InChI=1S/C8H14O5/c9-7(10)1-3-11-4-2-8-12-5-6-13-8/h8H,1-6H2,(H,9,10). The third-order valence-corrected chi connectivity index (χ3v) is 1.65. The lowest BCUT2D eigenvalue weighted by atomic mass is 10.4. The van der Waals surface area contributed by atoms with Crippen LogP contribution < -0.4 is 0 Å². The highest BCUT2D eigenvalue weighted by Crippen LogP contribution is 2.07. The van der Waals surface area contributed by atoms with E-state index >= 15 is 0 Å². The van der Waals surface area contributed by atoms with Gasteiger partial charge in [0, 0.05) is 6.42 Å². The molecule has 0 spiro atoms. The van der Waals surface area contributed by atoms with Crippen molar-refractivity contribution in [3.8, 4) is 0 Å². The second-order valence-corrected chi connectivity index (χ2v) is 2.72. The molecule has 5 heteroatoms. The number of hydrogen-bond donors (Lipinski definition) is 1. The van der Waals surface area contributed by atoms with Gasteiger partial charge in [0.2, 0.25) is 0 Å². The van der Waals surface area contributed by atoms with Crippen molar-refractivity contribution in [2.45, 2.75) is 19.1 Å². The quantitative estimate of drug-likeness (QED) is 0.608. The first-order chi connectivity index (χ1) is 6.29. The van der Waals surface area contributed by atoms with Crippen LogP contribution in [0, 0.1) is 0 Å². The molecule has 0 atom stereocenters. The van der Waals surface area contributed by atoms with Gasteiger partial charge in [-0.2, -0.15) is 0 Å². The third-order valence-electron chi connectivity index (χ3n) is 1.65. The molecule has 0 radical (unpaired) electrons. The molecule has 0 unspecified atom stereocenters. The fourth-order valence-electron chi connectivity index (χ4n) is 1.01. The van der Waals surface area contributed by atoms with Crippen LogP contribution in [0.4, 0.5) is 0 Å². The molecule has 0 amide bonds. The molecule has 5 nitrogen and oxygen atoms in total. The first kappa shape index (κ1) is 10.4. The first-order valence-electron chi connectivity index (χ1n) is 4.32. The van der Waals surface area contributed by atoms with E-state index in [4.69, 9.17) is 19.3 Å². The van der Waals surface area contributed by atoms with Crippen LogP contribution in [-0.4, -0.2) is 43.8 Å². The van der Waals surface area contributed by atoms with Crippen LogP contribution in [0.3, 0.4) is 0 Å². The minimum atomic E-state index is -0.839. The smallest absolute Gasteiger partial charge is 0.305 e. The SMILES string of the molecule is O=C(O)CCOCCC1OCCO1. The minimum Gasteiger partial charge on any atom is -0.481 e. The molecule has 1 aliphatic rings. The summed E-state index contributed by atoms with van der Waals surface area (Å²) in [5.74, 6) is -0.839. The normalized spacial score (nSPS) is 17.8. The Kier molecular flexibility index (Phi) is 4.74. The summed E-state index contributed by atoms with van der Waals surface area (Å²) in [7, 11) is 0. The maximum Gasteiger partial charge on any atom is 0.305 e. The Hall–Kier alpha value is -0.650. The predicted molar refractivity (Wildman–Crippen MR) is 43.4 cm³/mol. The first-order valence-corrected chi connectivity index (χ1v) is 4.32. The summed E-state index contributed by atoms with van der Waals surface area (Å²) < 4.78 is 15.4. The van der Waals surface area contributed by atoms with E-state index in [-0.39, 0.29) is 19.3 Å². The van der Waals surface area contributed by atoms with Gasteiger partial charge in [0.25, 0.3) is 0 Å². The van der Waals surface area contributed by atoms with Crippen molar-refractivity contribution in [2.75, 3.05) is 26.4 Å². The Bertz CT molecular complexity index is 153.